The Morgan fingerprint density at radius 1 is 1.12 bits per heavy atom. The first-order valence-electron chi connectivity index (χ1n) is 10.4. The summed E-state index contributed by atoms with van der Waals surface area (Å²) in [6, 6.07) is 22.4. The van der Waals surface area contributed by atoms with Crippen LogP contribution in [0.25, 0.3) is 11.3 Å². The first-order valence-corrected chi connectivity index (χ1v) is 10.8. The number of ketones is 1. The fourth-order valence-electron chi connectivity index (χ4n) is 3.73. The molecule has 0 aliphatic rings. The molecule has 6 nitrogen and oxygen atoms in total. The molecule has 0 radical (unpaired) electrons. The molecule has 4 rings (SSSR count). The number of carbonyl (C=O) groups is 1. The van der Waals surface area contributed by atoms with E-state index in [2.05, 4.69) is 14.9 Å². The maximum absolute atomic E-state index is 13.4. The summed E-state index contributed by atoms with van der Waals surface area (Å²) in [6.45, 7) is 2.51. The van der Waals surface area contributed by atoms with Crippen LogP contribution in [0, 0.1) is 6.92 Å². The average molecular weight is 462 g/mol. The Morgan fingerprint density at radius 2 is 1.85 bits per heavy atom. The third-order valence-electron chi connectivity index (χ3n) is 5.37. The van der Waals surface area contributed by atoms with Gasteiger partial charge in [0, 0.05) is 40.8 Å². The molecule has 1 unspecified atom stereocenters. The first kappa shape index (κ1) is 22.6. The zero-order valence-corrected chi connectivity index (χ0v) is 19.1. The van der Waals surface area contributed by atoms with Crippen molar-refractivity contribution in [2.75, 3.05) is 12.4 Å². The molecular formula is C26H24ClN3O3. The molecule has 0 bridgehead atoms. The Balaban J connectivity index is 1.71. The number of nitrogens with one attached hydrogen (secondary N) is 1. The first-order chi connectivity index (χ1) is 16.0. The standard InChI is InChI=1S/C26H24ClN3O3/c1-17-14-22(25(31)26(32)29-21-12-13-28-23(15-21)33-2)24(19-6-4-3-5-7-19)30(17)16-18-8-10-20(27)11-9-18/h3-15,26,32H,16H2,1-2H3,(H,28,29). The summed E-state index contributed by atoms with van der Waals surface area (Å²) >= 11 is 6.04. The highest BCUT2D eigenvalue weighted by Crippen LogP contribution is 2.30. The van der Waals surface area contributed by atoms with Crippen molar-refractivity contribution >= 4 is 23.1 Å². The molecule has 0 spiro atoms. The number of anilines is 1. The minimum absolute atomic E-state index is 0.384. The Hall–Kier alpha value is -3.61. The smallest absolute Gasteiger partial charge is 0.214 e. The van der Waals surface area contributed by atoms with Crippen molar-refractivity contribution in [2.24, 2.45) is 0 Å². The second-order valence-electron chi connectivity index (χ2n) is 7.62. The number of carbonyl (C=O) groups excluding carboxylic acids is 1. The van der Waals surface area contributed by atoms with Crippen LogP contribution >= 0.6 is 11.6 Å². The highest BCUT2D eigenvalue weighted by molar-refractivity contribution is 6.30. The lowest BCUT2D eigenvalue weighted by Crippen LogP contribution is -2.29. The molecule has 2 aromatic heterocycles. The molecule has 0 amide bonds. The maximum Gasteiger partial charge on any atom is 0.214 e. The van der Waals surface area contributed by atoms with Crippen molar-refractivity contribution in [1.82, 2.24) is 9.55 Å². The highest BCUT2D eigenvalue weighted by Gasteiger charge is 2.25. The maximum atomic E-state index is 13.4. The van der Waals surface area contributed by atoms with Gasteiger partial charge >= 0.3 is 0 Å². The number of pyridine rings is 1. The zero-order valence-electron chi connectivity index (χ0n) is 18.3. The summed E-state index contributed by atoms with van der Waals surface area (Å²) in [5.74, 6) is -0.0443. The molecule has 0 fully saturated rings. The van der Waals surface area contributed by atoms with E-state index in [1.165, 1.54) is 7.11 Å². The van der Waals surface area contributed by atoms with E-state index in [0.29, 0.717) is 28.7 Å². The largest absolute Gasteiger partial charge is 0.481 e. The van der Waals surface area contributed by atoms with E-state index in [4.69, 9.17) is 16.3 Å². The molecule has 1 atom stereocenters. The van der Waals surface area contributed by atoms with Crippen molar-refractivity contribution in [3.63, 3.8) is 0 Å². The van der Waals surface area contributed by atoms with Gasteiger partial charge in [-0.1, -0.05) is 54.1 Å². The number of ether oxygens (including phenoxy) is 1. The predicted octanol–water partition coefficient (Wildman–Crippen LogP) is 5.18. The van der Waals surface area contributed by atoms with Crippen molar-refractivity contribution < 1.29 is 14.6 Å². The molecule has 2 N–H and O–H groups in total. The number of aryl methyl sites for hydroxylation is 1. The van der Waals surface area contributed by atoms with Crippen LogP contribution in [0.3, 0.4) is 0 Å². The van der Waals surface area contributed by atoms with E-state index in [-0.39, 0.29) is 0 Å². The molecule has 2 heterocycles. The molecule has 168 valence electrons. The van der Waals surface area contributed by atoms with Gasteiger partial charge in [-0.25, -0.2) is 4.98 Å². The Labute approximate surface area is 197 Å². The summed E-state index contributed by atoms with van der Waals surface area (Å²) in [5.41, 5.74) is 4.57. The monoisotopic (exact) mass is 461 g/mol. The quantitative estimate of drug-likeness (QED) is 0.279. The summed E-state index contributed by atoms with van der Waals surface area (Å²) in [5, 5.41) is 14.2. The van der Waals surface area contributed by atoms with E-state index >= 15 is 0 Å². The average Bonchev–Trinajstić information content (AvgIpc) is 3.16. The molecule has 33 heavy (non-hydrogen) atoms. The van der Waals surface area contributed by atoms with Gasteiger partial charge in [-0.15, -0.1) is 0 Å². The van der Waals surface area contributed by atoms with Crippen molar-refractivity contribution in [3.05, 3.63) is 101 Å². The van der Waals surface area contributed by atoms with Gasteiger partial charge in [0.25, 0.3) is 0 Å². The summed E-state index contributed by atoms with van der Waals surface area (Å²) in [4.78, 5) is 17.4. The fraction of sp³-hybridized carbons (Fsp3) is 0.154. The molecule has 4 aromatic rings. The summed E-state index contributed by atoms with van der Waals surface area (Å²) in [6.07, 6.45) is 0.103. The number of rotatable bonds is 8. The number of aromatic nitrogens is 2. The second-order valence-corrected chi connectivity index (χ2v) is 8.06. The normalized spacial score (nSPS) is 11.8. The Kier molecular flexibility index (Phi) is 6.77. The number of hydrogen-bond acceptors (Lipinski definition) is 5. The van der Waals surface area contributed by atoms with E-state index in [1.54, 1.807) is 18.3 Å². The van der Waals surface area contributed by atoms with Crippen molar-refractivity contribution in [1.29, 1.82) is 0 Å². The number of halogens is 1. The SMILES string of the molecule is COc1cc(NC(O)C(=O)c2cc(C)n(Cc3ccc(Cl)cc3)c2-c2ccccc2)ccn1. The van der Waals surface area contributed by atoms with Gasteiger partial charge in [0.2, 0.25) is 11.7 Å². The lowest BCUT2D eigenvalue weighted by molar-refractivity contribution is 0.0794. The third-order valence-corrected chi connectivity index (χ3v) is 5.62. The van der Waals surface area contributed by atoms with Crippen molar-refractivity contribution in [2.45, 2.75) is 19.7 Å². The molecular weight excluding hydrogens is 438 g/mol. The van der Waals surface area contributed by atoms with Crippen LogP contribution in [0.1, 0.15) is 21.6 Å². The summed E-state index contributed by atoms with van der Waals surface area (Å²) in [7, 11) is 1.51. The molecule has 0 saturated carbocycles. The Bertz CT molecular complexity index is 1250. The number of aliphatic hydroxyl groups excluding tert-OH is 1. The lowest BCUT2D eigenvalue weighted by atomic mass is 10.0. The lowest BCUT2D eigenvalue weighted by Gasteiger charge is -2.16. The van der Waals surface area contributed by atoms with Crippen LogP contribution < -0.4 is 10.1 Å². The molecule has 0 saturated heterocycles. The van der Waals surface area contributed by atoms with Crippen LogP contribution in [-0.2, 0) is 6.54 Å². The molecule has 0 aliphatic heterocycles. The Morgan fingerprint density at radius 3 is 2.55 bits per heavy atom. The van der Waals surface area contributed by atoms with Crippen LogP contribution in [0.2, 0.25) is 5.02 Å². The van der Waals surface area contributed by atoms with Crippen LogP contribution in [0.5, 0.6) is 5.88 Å². The number of hydrogen-bond donors (Lipinski definition) is 2. The number of Topliss-reactive ketones (excluding diaryl/α,β-unsaturated/α-hetero) is 1. The van der Waals surface area contributed by atoms with Gasteiger partial charge in [-0.05, 0) is 42.3 Å². The highest BCUT2D eigenvalue weighted by atomic mass is 35.5. The number of benzene rings is 2. The number of aliphatic hydroxyl groups is 1. The second kappa shape index (κ2) is 9.90. The van der Waals surface area contributed by atoms with Crippen LogP contribution in [-0.4, -0.2) is 33.8 Å². The topological polar surface area (TPSA) is 76.4 Å². The molecule has 7 heteroatoms. The van der Waals surface area contributed by atoms with E-state index in [1.807, 2.05) is 67.6 Å². The van der Waals surface area contributed by atoms with Gasteiger partial charge in [-0.3, -0.25) is 4.79 Å². The summed E-state index contributed by atoms with van der Waals surface area (Å²) < 4.78 is 7.19. The van der Waals surface area contributed by atoms with E-state index in [9.17, 15) is 9.90 Å². The number of methoxy groups -OCH3 is 1. The molecule has 2 aromatic carbocycles. The predicted molar refractivity (Wildman–Crippen MR) is 130 cm³/mol. The minimum atomic E-state index is -1.44. The number of nitrogens with zero attached hydrogens (tertiary/aromatic N) is 2. The minimum Gasteiger partial charge on any atom is -0.481 e. The van der Waals surface area contributed by atoms with Gasteiger partial charge in [-0.2, -0.15) is 0 Å². The third kappa shape index (κ3) is 5.08. The van der Waals surface area contributed by atoms with Crippen LogP contribution in [0.15, 0.2) is 79.0 Å². The van der Waals surface area contributed by atoms with E-state index in [0.717, 1.165) is 22.5 Å². The zero-order chi connectivity index (χ0) is 23.4. The van der Waals surface area contributed by atoms with Gasteiger partial charge in [0.15, 0.2) is 6.23 Å². The van der Waals surface area contributed by atoms with Crippen LogP contribution in [0.4, 0.5) is 5.69 Å². The van der Waals surface area contributed by atoms with Gasteiger partial charge in [0.05, 0.1) is 12.8 Å². The molecule has 0 aliphatic carbocycles. The van der Waals surface area contributed by atoms with Crippen molar-refractivity contribution in [3.8, 4) is 17.1 Å². The van der Waals surface area contributed by atoms with E-state index < -0.39 is 12.0 Å². The van der Waals surface area contributed by atoms with Gasteiger partial charge in [0.1, 0.15) is 0 Å². The fourth-order valence-corrected chi connectivity index (χ4v) is 3.86. The van der Waals surface area contributed by atoms with Gasteiger partial charge < -0.3 is 19.7 Å².